The Morgan fingerprint density at radius 1 is 1.03 bits per heavy atom. The van der Waals surface area contributed by atoms with Crippen molar-refractivity contribution < 1.29 is 22.7 Å². The zero-order valence-corrected chi connectivity index (χ0v) is 17.7. The van der Waals surface area contributed by atoms with Crippen molar-refractivity contribution in [2.45, 2.75) is 38.5 Å². The van der Waals surface area contributed by atoms with Crippen molar-refractivity contribution in [3.8, 4) is 5.75 Å². The van der Waals surface area contributed by atoms with Crippen LogP contribution in [0.1, 0.15) is 42.7 Å². The number of unbranched alkanes of at least 4 members (excludes halogenated alkanes) is 1. The molecule has 3 rings (SSSR count). The monoisotopic (exact) mass is 415 g/mol. The van der Waals surface area contributed by atoms with Gasteiger partial charge in [-0.25, -0.2) is 17.2 Å². The molecule has 0 aliphatic rings. The second kappa shape index (κ2) is 8.69. The predicted molar refractivity (Wildman–Crippen MR) is 112 cm³/mol. The summed E-state index contributed by atoms with van der Waals surface area (Å²) >= 11 is 0. The maximum Gasteiger partial charge on any atom is 0.356 e. The molecule has 0 radical (unpaired) electrons. The summed E-state index contributed by atoms with van der Waals surface area (Å²) < 4.78 is 38.6. The van der Waals surface area contributed by atoms with Crippen molar-refractivity contribution in [3.05, 3.63) is 59.8 Å². The number of fused-ring (bicyclic) bond motifs is 1. The number of esters is 1. The minimum absolute atomic E-state index is 0.0341. The Bertz CT molecular complexity index is 1110. The third kappa shape index (κ3) is 4.29. The normalized spacial score (nSPS) is 11.6. The first-order chi connectivity index (χ1) is 13.9. The fourth-order valence-corrected chi connectivity index (χ4v) is 4.52. The van der Waals surface area contributed by atoms with Gasteiger partial charge in [0, 0.05) is 5.39 Å². The van der Waals surface area contributed by atoms with E-state index < -0.39 is 16.0 Å². The van der Waals surface area contributed by atoms with Gasteiger partial charge in [0.05, 0.1) is 23.6 Å². The number of carbonyl (C=O) groups excluding carboxylic acids is 1. The number of rotatable bonds is 8. The molecule has 0 unspecified atom stereocenters. The van der Waals surface area contributed by atoms with E-state index in [0.29, 0.717) is 23.3 Å². The molecule has 0 bridgehead atoms. The molecule has 1 aromatic heterocycles. The highest BCUT2D eigenvalue weighted by Crippen LogP contribution is 2.29. The first kappa shape index (κ1) is 20.9. The lowest BCUT2D eigenvalue weighted by Gasteiger charge is -2.12. The quantitative estimate of drug-likeness (QED) is 0.399. The van der Waals surface area contributed by atoms with E-state index in [-0.39, 0.29) is 17.2 Å². The SMILES string of the molecule is CCCCOc1ccc2c(c1)cc(C(=O)OCC)n2S(=O)(=O)c1ccc(C)cc1. The number of nitrogens with zero attached hydrogens (tertiary/aromatic N) is 1. The molecule has 0 aliphatic carbocycles. The van der Waals surface area contributed by atoms with E-state index in [9.17, 15) is 13.2 Å². The average molecular weight is 416 g/mol. The van der Waals surface area contributed by atoms with Gasteiger partial charge in [0.25, 0.3) is 10.0 Å². The van der Waals surface area contributed by atoms with Crippen LogP contribution in [0, 0.1) is 6.92 Å². The van der Waals surface area contributed by atoms with Gasteiger partial charge in [-0.05, 0) is 56.7 Å². The van der Waals surface area contributed by atoms with Crippen molar-refractivity contribution in [2.24, 2.45) is 0 Å². The summed E-state index contributed by atoms with van der Waals surface area (Å²) in [4.78, 5) is 12.6. The summed E-state index contributed by atoms with van der Waals surface area (Å²) in [5, 5.41) is 0.595. The summed E-state index contributed by atoms with van der Waals surface area (Å²) in [7, 11) is -3.99. The van der Waals surface area contributed by atoms with E-state index >= 15 is 0 Å². The van der Waals surface area contributed by atoms with Crippen LogP contribution >= 0.6 is 0 Å². The van der Waals surface area contributed by atoms with E-state index in [2.05, 4.69) is 6.92 Å². The number of hydrogen-bond acceptors (Lipinski definition) is 5. The van der Waals surface area contributed by atoms with Crippen LogP contribution in [0.25, 0.3) is 10.9 Å². The van der Waals surface area contributed by atoms with Crippen LogP contribution in [0.3, 0.4) is 0 Å². The number of ether oxygens (including phenoxy) is 2. The van der Waals surface area contributed by atoms with Gasteiger partial charge in [-0.2, -0.15) is 0 Å². The Kier molecular flexibility index (Phi) is 6.27. The van der Waals surface area contributed by atoms with E-state index in [0.717, 1.165) is 22.4 Å². The van der Waals surface area contributed by atoms with Crippen molar-refractivity contribution in [2.75, 3.05) is 13.2 Å². The zero-order valence-electron chi connectivity index (χ0n) is 16.8. The largest absolute Gasteiger partial charge is 0.494 e. The summed E-state index contributed by atoms with van der Waals surface area (Å²) in [5.74, 6) is -0.0564. The Balaban J connectivity index is 2.15. The maximum atomic E-state index is 13.4. The minimum atomic E-state index is -3.99. The van der Waals surface area contributed by atoms with Crippen LogP contribution in [0.5, 0.6) is 5.75 Å². The van der Waals surface area contributed by atoms with Gasteiger partial charge in [-0.1, -0.05) is 31.0 Å². The Morgan fingerprint density at radius 2 is 1.76 bits per heavy atom. The first-order valence-electron chi connectivity index (χ1n) is 9.66. The van der Waals surface area contributed by atoms with Gasteiger partial charge in [-0.15, -0.1) is 0 Å². The lowest BCUT2D eigenvalue weighted by Crippen LogP contribution is -2.19. The molecule has 0 saturated heterocycles. The lowest BCUT2D eigenvalue weighted by molar-refractivity contribution is 0.0518. The number of carbonyl (C=O) groups is 1. The van der Waals surface area contributed by atoms with Gasteiger partial charge in [0.2, 0.25) is 0 Å². The van der Waals surface area contributed by atoms with Crippen molar-refractivity contribution in [1.29, 1.82) is 0 Å². The van der Waals surface area contributed by atoms with Gasteiger partial charge in [0.15, 0.2) is 0 Å². The zero-order chi connectivity index (χ0) is 21.0. The molecule has 2 aromatic carbocycles. The van der Waals surface area contributed by atoms with Gasteiger partial charge < -0.3 is 9.47 Å². The Morgan fingerprint density at radius 3 is 2.41 bits per heavy atom. The van der Waals surface area contributed by atoms with E-state index in [1.807, 2.05) is 6.92 Å². The minimum Gasteiger partial charge on any atom is -0.494 e. The molecule has 7 heteroatoms. The van der Waals surface area contributed by atoms with E-state index in [1.165, 1.54) is 18.2 Å². The summed E-state index contributed by atoms with van der Waals surface area (Å²) in [6.07, 6.45) is 1.94. The molecule has 0 N–H and O–H groups in total. The molecule has 0 fully saturated rings. The highest BCUT2D eigenvalue weighted by molar-refractivity contribution is 7.90. The molecule has 154 valence electrons. The molecule has 0 atom stereocenters. The van der Waals surface area contributed by atoms with Crippen LogP contribution in [0.15, 0.2) is 53.4 Å². The van der Waals surface area contributed by atoms with Crippen molar-refractivity contribution in [1.82, 2.24) is 3.97 Å². The molecule has 6 nitrogen and oxygen atoms in total. The number of aryl methyl sites for hydroxylation is 1. The Labute approximate surface area is 171 Å². The smallest absolute Gasteiger partial charge is 0.356 e. The summed E-state index contributed by atoms with van der Waals surface area (Å²) in [6.45, 7) is 6.37. The van der Waals surface area contributed by atoms with Crippen LogP contribution in [0.2, 0.25) is 0 Å². The topological polar surface area (TPSA) is 74.6 Å². The van der Waals surface area contributed by atoms with Crippen molar-refractivity contribution in [3.63, 3.8) is 0 Å². The van der Waals surface area contributed by atoms with Crippen LogP contribution in [0.4, 0.5) is 0 Å². The molecular weight excluding hydrogens is 390 g/mol. The van der Waals surface area contributed by atoms with Crippen LogP contribution < -0.4 is 4.74 Å². The van der Waals surface area contributed by atoms with Crippen LogP contribution in [-0.2, 0) is 14.8 Å². The van der Waals surface area contributed by atoms with Gasteiger partial charge >= 0.3 is 5.97 Å². The highest BCUT2D eigenvalue weighted by atomic mass is 32.2. The standard InChI is InChI=1S/C22H25NO5S/c1-4-6-13-28-18-9-12-20-17(14-18)15-21(22(24)27-5-2)23(20)29(25,26)19-10-7-16(3)8-11-19/h7-12,14-15H,4-6,13H2,1-3H3. The van der Waals surface area contributed by atoms with Gasteiger partial charge in [0.1, 0.15) is 11.4 Å². The number of aromatic nitrogens is 1. The molecule has 1 heterocycles. The lowest BCUT2D eigenvalue weighted by atomic mass is 10.2. The second-order valence-corrected chi connectivity index (χ2v) is 8.54. The van der Waals surface area contributed by atoms with Crippen molar-refractivity contribution >= 4 is 26.9 Å². The fourth-order valence-electron chi connectivity index (χ4n) is 3.01. The van der Waals surface area contributed by atoms with Crippen LogP contribution in [-0.4, -0.2) is 31.6 Å². The van der Waals surface area contributed by atoms with Gasteiger partial charge in [-0.3, -0.25) is 0 Å². The average Bonchev–Trinajstić information content (AvgIpc) is 3.08. The summed E-state index contributed by atoms with van der Waals surface area (Å²) in [6, 6.07) is 13.2. The molecule has 0 amide bonds. The molecule has 0 spiro atoms. The molecule has 0 aliphatic heterocycles. The predicted octanol–water partition coefficient (Wildman–Crippen LogP) is 4.54. The molecule has 29 heavy (non-hydrogen) atoms. The summed E-state index contributed by atoms with van der Waals surface area (Å²) in [5.41, 5.74) is 1.31. The third-order valence-corrected chi connectivity index (χ3v) is 6.28. The number of hydrogen-bond donors (Lipinski definition) is 0. The van der Waals surface area contributed by atoms with E-state index in [4.69, 9.17) is 9.47 Å². The fraction of sp³-hybridized carbons (Fsp3) is 0.318. The maximum absolute atomic E-state index is 13.4. The highest BCUT2D eigenvalue weighted by Gasteiger charge is 2.27. The van der Waals surface area contributed by atoms with E-state index in [1.54, 1.807) is 37.3 Å². The molecule has 0 saturated carbocycles. The molecular formula is C22H25NO5S. The second-order valence-electron chi connectivity index (χ2n) is 6.76. The Hall–Kier alpha value is -2.80. The number of benzene rings is 2. The third-order valence-electron chi connectivity index (χ3n) is 4.54. The molecule has 3 aromatic rings. The first-order valence-corrected chi connectivity index (χ1v) is 11.1.